The minimum absolute atomic E-state index is 0.0572. The van der Waals surface area contributed by atoms with Crippen molar-refractivity contribution in [2.75, 3.05) is 18.0 Å². The zero-order valence-electron chi connectivity index (χ0n) is 15.8. The number of halogens is 3. The number of ether oxygens (including phenoxy) is 1. The van der Waals surface area contributed by atoms with Gasteiger partial charge in [0.1, 0.15) is 5.82 Å². The first kappa shape index (κ1) is 20.9. The largest absolute Gasteiger partial charge is 0.372 e. The van der Waals surface area contributed by atoms with Crippen molar-refractivity contribution in [3.63, 3.8) is 0 Å². The molecule has 1 amide bonds. The Bertz CT molecular complexity index is 852. The Hall–Kier alpha value is -1.82. The second-order valence-corrected chi connectivity index (χ2v) is 7.98. The van der Waals surface area contributed by atoms with Crippen LogP contribution < -0.4 is 10.2 Å². The van der Waals surface area contributed by atoms with Crippen LogP contribution >= 0.6 is 23.2 Å². The number of anilines is 1. The average Bonchev–Trinajstić information content (AvgIpc) is 2.61. The molecule has 1 fully saturated rings. The van der Waals surface area contributed by atoms with Crippen LogP contribution in [-0.2, 0) is 22.5 Å². The van der Waals surface area contributed by atoms with Gasteiger partial charge in [-0.3, -0.25) is 4.79 Å². The van der Waals surface area contributed by atoms with Crippen LogP contribution in [0.5, 0.6) is 0 Å². The molecule has 0 aromatic heterocycles. The zero-order valence-corrected chi connectivity index (χ0v) is 17.4. The monoisotopic (exact) mass is 424 g/mol. The van der Waals surface area contributed by atoms with Crippen LogP contribution in [0.3, 0.4) is 0 Å². The van der Waals surface area contributed by atoms with Gasteiger partial charge in [-0.2, -0.15) is 0 Å². The second-order valence-electron chi connectivity index (χ2n) is 7.14. The third-order valence-electron chi connectivity index (χ3n) is 4.63. The average molecular weight is 425 g/mol. The van der Waals surface area contributed by atoms with Crippen molar-refractivity contribution in [3.8, 4) is 0 Å². The van der Waals surface area contributed by atoms with Crippen LogP contribution in [0.4, 0.5) is 10.1 Å². The highest BCUT2D eigenvalue weighted by molar-refractivity contribution is 6.35. The predicted molar refractivity (Wildman–Crippen MR) is 111 cm³/mol. The molecule has 7 heteroatoms. The third kappa shape index (κ3) is 5.37. The molecule has 0 saturated carbocycles. The molecule has 2 aromatic carbocycles. The summed E-state index contributed by atoms with van der Waals surface area (Å²) in [6.45, 7) is 5.52. The highest BCUT2D eigenvalue weighted by atomic mass is 35.5. The van der Waals surface area contributed by atoms with Crippen molar-refractivity contribution >= 4 is 34.8 Å². The Kier molecular flexibility index (Phi) is 6.81. The summed E-state index contributed by atoms with van der Waals surface area (Å²) >= 11 is 12.0. The Morgan fingerprint density at radius 2 is 1.89 bits per heavy atom. The van der Waals surface area contributed by atoms with Crippen LogP contribution in [0.2, 0.25) is 10.0 Å². The smallest absolute Gasteiger partial charge is 0.224 e. The van der Waals surface area contributed by atoms with Crippen molar-refractivity contribution in [3.05, 3.63) is 63.4 Å². The highest BCUT2D eigenvalue weighted by Crippen LogP contribution is 2.25. The molecule has 2 unspecified atom stereocenters. The minimum atomic E-state index is -0.297. The summed E-state index contributed by atoms with van der Waals surface area (Å²) in [5.74, 6) is -0.488. The number of nitrogens with zero attached hydrogens (tertiary/aromatic N) is 1. The Labute approximate surface area is 174 Å². The predicted octanol–water partition coefficient (Wildman–Crippen LogP) is 4.61. The number of hydrogen-bond donors (Lipinski definition) is 1. The minimum Gasteiger partial charge on any atom is -0.372 e. The molecule has 4 nitrogen and oxygen atoms in total. The molecule has 0 aliphatic carbocycles. The van der Waals surface area contributed by atoms with E-state index in [1.807, 2.05) is 24.8 Å². The van der Waals surface area contributed by atoms with E-state index in [1.165, 1.54) is 6.07 Å². The summed E-state index contributed by atoms with van der Waals surface area (Å²) in [7, 11) is 0. The molecule has 0 radical (unpaired) electrons. The normalized spacial score (nSPS) is 19.5. The molecule has 0 spiro atoms. The van der Waals surface area contributed by atoms with E-state index in [9.17, 15) is 9.18 Å². The number of rotatable bonds is 5. The lowest BCUT2D eigenvalue weighted by atomic mass is 10.1. The number of carbonyl (C=O) groups is 1. The summed E-state index contributed by atoms with van der Waals surface area (Å²) in [6, 6.07) is 10.1. The highest BCUT2D eigenvalue weighted by Gasteiger charge is 2.24. The van der Waals surface area contributed by atoms with E-state index in [0.29, 0.717) is 39.9 Å². The van der Waals surface area contributed by atoms with Crippen molar-refractivity contribution in [2.24, 2.45) is 0 Å². The van der Waals surface area contributed by atoms with E-state index in [4.69, 9.17) is 27.9 Å². The summed E-state index contributed by atoms with van der Waals surface area (Å²) in [5, 5.41) is 3.77. The van der Waals surface area contributed by atoms with E-state index < -0.39 is 0 Å². The fourth-order valence-electron chi connectivity index (χ4n) is 3.39. The summed E-state index contributed by atoms with van der Waals surface area (Å²) in [6.07, 6.45) is 0.253. The number of benzene rings is 2. The van der Waals surface area contributed by atoms with Crippen molar-refractivity contribution in [1.82, 2.24) is 5.32 Å². The first-order chi connectivity index (χ1) is 13.3. The van der Waals surface area contributed by atoms with E-state index in [-0.39, 0.29) is 36.9 Å². The van der Waals surface area contributed by atoms with Gasteiger partial charge < -0.3 is 15.0 Å². The molecule has 2 aromatic rings. The van der Waals surface area contributed by atoms with Gasteiger partial charge in [0.15, 0.2) is 0 Å². The molecule has 1 heterocycles. The second kappa shape index (κ2) is 9.12. The summed E-state index contributed by atoms with van der Waals surface area (Å²) < 4.78 is 20.3. The van der Waals surface area contributed by atoms with Gasteiger partial charge in [-0.25, -0.2) is 4.39 Å². The van der Waals surface area contributed by atoms with Gasteiger partial charge in [0.05, 0.1) is 24.3 Å². The van der Waals surface area contributed by atoms with Crippen molar-refractivity contribution < 1.29 is 13.9 Å². The fraction of sp³-hybridized carbons (Fsp3) is 0.381. The van der Waals surface area contributed by atoms with Crippen molar-refractivity contribution in [1.29, 1.82) is 0 Å². The van der Waals surface area contributed by atoms with Crippen LogP contribution in [-0.4, -0.2) is 31.2 Å². The first-order valence-corrected chi connectivity index (χ1v) is 9.97. The van der Waals surface area contributed by atoms with E-state index >= 15 is 0 Å². The van der Waals surface area contributed by atoms with Crippen LogP contribution in [0, 0.1) is 5.82 Å². The Balaban J connectivity index is 1.59. The molecule has 2 atom stereocenters. The molecule has 3 rings (SSSR count). The van der Waals surface area contributed by atoms with Crippen LogP contribution in [0.15, 0.2) is 36.4 Å². The van der Waals surface area contributed by atoms with Gasteiger partial charge in [0.2, 0.25) is 5.91 Å². The molecule has 28 heavy (non-hydrogen) atoms. The SMILES string of the molecule is CC1CN(c2ccc(CNC(=O)Cc3ccc(Cl)cc3Cl)cc2F)CC(C)O1. The Morgan fingerprint density at radius 3 is 2.54 bits per heavy atom. The van der Waals surface area contributed by atoms with Gasteiger partial charge in [0.25, 0.3) is 0 Å². The molecular formula is C21H23Cl2FN2O2. The van der Waals surface area contributed by atoms with E-state index in [1.54, 1.807) is 24.3 Å². The summed E-state index contributed by atoms with van der Waals surface area (Å²) in [4.78, 5) is 14.2. The molecule has 1 saturated heterocycles. The number of morpholine rings is 1. The quantitative estimate of drug-likeness (QED) is 0.761. The van der Waals surface area contributed by atoms with E-state index in [2.05, 4.69) is 5.32 Å². The maximum Gasteiger partial charge on any atom is 0.224 e. The van der Waals surface area contributed by atoms with Gasteiger partial charge in [-0.15, -0.1) is 0 Å². The summed E-state index contributed by atoms with van der Waals surface area (Å²) in [5.41, 5.74) is 1.96. The van der Waals surface area contributed by atoms with Gasteiger partial charge in [0, 0.05) is 29.7 Å². The molecule has 150 valence electrons. The number of hydrogen-bond acceptors (Lipinski definition) is 3. The maximum atomic E-state index is 14.6. The zero-order chi connectivity index (χ0) is 20.3. The molecule has 1 aliphatic rings. The first-order valence-electron chi connectivity index (χ1n) is 9.21. The molecular weight excluding hydrogens is 402 g/mol. The Morgan fingerprint density at radius 1 is 1.18 bits per heavy atom. The standard InChI is InChI=1S/C21H23Cl2FN2O2/c1-13-11-26(12-14(2)28-13)20-6-3-15(7-19(20)24)10-25-21(27)8-16-4-5-17(22)9-18(16)23/h3-7,9,13-14H,8,10-12H2,1-2H3,(H,25,27). The molecule has 1 N–H and O–H groups in total. The van der Waals surface area contributed by atoms with Crippen LogP contribution in [0.25, 0.3) is 0 Å². The maximum absolute atomic E-state index is 14.6. The number of amides is 1. The lowest BCUT2D eigenvalue weighted by molar-refractivity contribution is -0.120. The topological polar surface area (TPSA) is 41.6 Å². The van der Waals surface area contributed by atoms with Crippen LogP contribution in [0.1, 0.15) is 25.0 Å². The lowest BCUT2D eigenvalue weighted by Crippen LogP contribution is -2.45. The number of nitrogens with one attached hydrogen (secondary N) is 1. The van der Waals surface area contributed by atoms with Gasteiger partial charge in [-0.1, -0.05) is 35.3 Å². The van der Waals surface area contributed by atoms with Gasteiger partial charge >= 0.3 is 0 Å². The molecule has 1 aliphatic heterocycles. The fourth-order valence-corrected chi connectivity index (χ4v) is 3.87. The van der Waals surface area contributed by atoms with Crippen molar-refractivity contribution in [2.45, 2.75) is 39.0 Å². The number of carbonyl (C=O) groups excluding carboxylic acids is 1. The lowest BCUT2D eigenvalue weighted by Gasteiger charge is -2.37. The van der Waals surface area contributed by atoms with Gasteiger partial charge in [-0.05, 0) is 49.2 Å². The van der Waals surface area contributed by atoms with E-state index in [0.717, 1.165) is 0 Å². The third-order valence-corrected chi connectivity index (χ3v) is 5.22. The molecule has 0 bridgehead atoms.